The maximum Gasteiger partial charge on any atom is 0.358 e. The van der Waals surface area contributed by atoms with Gasteiger partial charge < -0.3 is 4.74 Å². The van der Waals surface area contributed by atoms with Gasteiger partial charge >= 0.3 is 5.97 Å². The summed E-state index contributed by atoms with van der Waals surface area (Å²) < 4.78 is 6.69. The molecule has 4 rings (SSSR count). The monoisotopic (exact) mass is 369 g/mol. The Bertz CT molecular complexity index is 1100. The quantitative estimate of drug-likeness (QED) is 0.516. The Hall–Kier alpha value is -2.84. The third kappa shape index (κ3) is 3.21. The molecule has 0 amide bonds. The van der Waals surface area contributed by atoms with E-state index < -0.39 is 5.97 Å². The number of nitrogens with zero attached hydrogens (tertiary/aromatic N) is 3. The molecule has 4 aromatic rings. The molecule has 124 valence electrons. The third-order valence-corrected chi connectivity index (χ3v) is 5.09. The van der Waals surface area contributed by atoms with E-state index in [1.165, 1.54) is 33.1 Å². The Kier molecular flexibility index (Phi) is 4.12. The molecule has 0 saturated heterocycles. The lowest BCUT2D eigenvalue weighted by Crippen LogP contribution is -2.14. The molecule has 0 bridgehead atoms. The number of rotatable bonds is 4. The summed E-state index contributed by atoms with van der Waals surface area (Å²) in [6.07, 6.45) is 1.66. The van der Waals surface area contributed by atoms with Crippen LogP contribution in [-0.4, -0.2) is 20.3 Å². The van der Waals surface area contributed by atoms with Crippen LogP contribution in [0, 0.1) is 0 Å². The highest BCUT2D eigenvalue weighted by molar-refractivity contribution is 7.15. The number of carbonyl (C=O) groups is 1. The number of fused-ring (bicyclic) bond motifs is 1. The second-order valence-electron chi connectivity index (χ2n) is 5.12. The molecule has 0 radical (unpaired) electrons. The molecule has 0 aliphatic heterocycles. The molecule has 6 nitrogen and oxygen atoms in total. The molecule has 8 heteroatoms. The molecule has 0 aliphatic carbocycles. The van der Waals surface area contributed by atoms with Gasteiger partial charge in [0, 0.05) is 28.6 Å². The Morgan fingerprint density at radius 3 is 2.84 bits per heavy atom. The van der Waals surface area contributed by atoms with Crippen molar-refractivity contribution in [3.05, 3.63) is 75.1 Å². The summed E-state index contributed by atoms with van der Waals surface area (Å²) in [6.45, 7) is -0.0688. The van der Waals surface area contributed by atoms with Gasteiger partial charge in [-0.25, -0.2) is 14.8 Å². The molecule has 0 fully saturated rings. The van der Waals surface area contributed by atoms with E-state index in [0.717, 1.165) is 10.6 Å². The fraction of sp³-hybridized carbons (Fsp3) is 0.0588. The molecule has 0 unspecified atom stereocenters. The van der Waals surface area contributed by atoms with Gasteiger partial charge in [-0.15, -0.1) is 22.7 Å². The van der Waals surface area contributed by atoms with Gasteiger partial charge in [0.2, 0.25) is 0 Å². The zero-order valence-electron chi connectivity index (χ0n) is 12.8. The van der Waals surface area contributed by atoms with Gasteiger partial charge in [-0.1, -0.05) is 30.3 Å². The number of ether oxygens (including phenoxy) is 1. The summed E-state index contributed by atoms with van der Waals surface area (Å²) in [6, 6.07) is 11.0. The van der Waals surface area contributed by atoms with Crippen molar-refractivity contribution in [1.82, 2.24) is 14.4 Å². The largest absolute Gasteiger partial charge is 0.454 e. The maximum absolute atomic E-state index is 12.2. The molecular weight excluding hydrogens is 358 g/mol. The van der Waals surface area contributed by atoms with Crippen LogP contribution in [0.5, 0.6) is 0 Å². The summed E-state index contributed by atoms with van der Waals surface area (Å²) in [5.41, 5.74) is 1.42. The van der Waals surface area contributed by atoms with E-state index in [-0.39, 0.29) is 17.9 Å². The Balaban J connectivity index is 1.48. The smallest absolute Gasteiger partial charge is 0.358 e. The number of aromatic nitrogens is 3. The maximum atomic E-state index is 12.2. The van der Waals surface area contributed by atoms with Crippen LogP contribution in [0.2, 0.25) is 0 Å². The Morgan fingerprint density at radius 2 is 2.00 bits per heavy atom. The van der Waals surface area contributed by atoms with E-state index in [1.807, 2.05) is 30.3 Å². The predicted molar refractivity (Wildman–Crippen MR) is 96.0 cm³/mol. The topological polar surface area (TPSA) is 73.6 Å². The van der Waals surface area contributed by atoms with Crippen molar-refractivity contribution in [2.45, 2.75) is 6.61 Å². The first kappa shape index (κ1) is 15.7. The van der Waals surface area contributed by atoms with Gasteiger partial charge in [-0.3, -0.25) is 9.20 Å². The molecule has 0 atom stereocenters. The van der Waals surface area contributed by atoms with Crippen molar-refractivity contribution in [1.29, 1.82) is 0 Å². The van der Waals surface area contributed by atoms with Crippen LogP contribution >= 0.6 is 22.7 Å². The first-order chi connectivity index (χ1) is 12.2. The number of carbonyl (C=O) groups excluding carboxylic acids is 1. The van der Waals surface area contributed by atoms with E-state index >= 15 is 0 Å². The zero-order chi connectivity index (χ0) is 17.2. The molecule has 0 saturated carbocycles. The van der Waals surface area contributed by atoms with Crippen molar-refractivity contribution >= 4 is 33.6 Å². The molecule has 25 heavy (non-hydrogen) atoms. The number of hydrogen-bond donors (Lipinski definition) is 0. The standard InChI is InChI=1S/C17H11N3O3S2/c21-14-8-12(18-17-20(14)6-7-24-17)9-23-16(22)13-10-25-15(19-13)11-4-2-1-3-5-11/h1-8,10H,9H2. The minimum absolute atomic E-state index is 0.0688. The fourth-order valence-electron chi connectivity index (χ4n) is 2.26. The predicted octanol–water partition coefficient (Wildman–Crippen LogP) is 3.24. The molecule has 0 N–H and O–H groups in total. The lowest BCUT2D eigenvalue weighted by molar-refractivity contribution is 0.0462. The first-order valence-corrected chi connectivity index (χ1v) is 9.10. The minimum Gasteiger partial charge on any atom is -0.454 e. The molecule has 0 aliphatic rings. The molecular formula is C17H11N3O3S2. The minimum atomic E-state index is -0.536. The zero-order valence-corrected chi connectivity index (χ0v) is 14.4. The van der Waals surface area contributed by atoms with Gasteiger partial charge in [0.1, 0.15) is 11.6 Å². The van der Waals surface area contributed by atoms with Crippen LogP contribution in [-0.2, 0) is 11.3 Å². The summed E-state index contributed by atoms with van der Waals surface area (Å²) in [5, 5.41) is 4.19. The van der Waals surface area contributed by atoms with E-state index in [1.54, 1.807) is 17.0 Å². The van der Waals surface area contributed by atoms with E-state index in [0.29, 0.717) is 10.7 Å². The second-order valence-corrected chi connectivity index (χ2v) is 6.85. The molecule has 1 aromatic carbocycles. The van der Waals surface area contributed by atoms with Crippen LogP contribution in [0.25, 0.3) is 15.5 Å². The lowest BCUT2D eigenvalue weighted by Gasteiger charge is -2.02. The third-order valence-electron chi connectivity index (χ3n) is 3.44. The van der Waals surface area contributed by atoms with Gasteiger partial charge in [0.25, 0.3) is 5.56 Å². The summed E-state index contributed by atoms with van der Waals surface area (Å²) in [7, 11) is 0. The van der Waals surface area contributed by atoms with Crippen LogP contribution in [0.15, 0.2) is 58.1 Å². The average Bonchev–Trinajstić information content (AvgIpc) is 3.30. The van der Waals surface area contributed by atoms with Crippen molar-refractivity contribution in [3.63, 3.8) is 0 Å². The highest BCUT2D eigenvalue weighted by Gasteiger charge is 2.14. The fourth-order valence-corrected chi connectivity index (χ4v) is 3.79. The first-order valence-electron chi connectivity index (χ1n) is 7.34. The van der Waals surface area contributed by atoms with Crippen molar-refractivity contribution < 1.29 is 9.53 Å². The summed E-state index contributed by atoms with van der Waals surface area (Å²) in [5.74, 6) is -0.536. The average molecular weight is 369 g/mol. The normalized spacial score (nSPS) is 10.9. The van der Waals surface area contributed by atoms with E-state index in [9.17, 15) is 9.59 Å². The number of benzene rings is 1. The summed E-state index contributed by atoms with van der Waals surface area (Å²) in [4.78, 5) is 33.3. The van der Waals surface area contributed by atoms with Crippen LogP contribution in [0.3, 0.4) is 0 Å². The van der Waals surface area contributed by atoms with Gasteiger partial charge in [0.15, 0.2) is 10.7 Å². The van der Waals surface area contributed by atoms with Crippen LogP contribution in [0.1, 0.15) is 16.2 Å². The van der Waals surface area contributed by atoms with Gasteiger partial charge in [-0.05, 0) is 0 Å². The SMILES string of the molecule is O=C(OCc1cc(=O)n2ccsc2n1)c1csc(-c2ccccc2)n1. The number of thiazole rings is 2. The Morgan fingerprint density at radius 1 is 1.16 bits per heavy atom. The summed E-state index contributed by atoms with van der Waals surface area (Å²) >= 11 is 2.73. The van der Waals surface area contributed by atoms with Crippen LogP contribution < -0.4 is 5.56 Å². The molecule has 3 aromatic heterocycles. The lowest BCUT2D eigenvalue weighted by atomic mass is 10.2. The molecule has 3 heterocycles. The Labute approximate surface area is 150 Å². The van der Waals surface area contributed by atoms with E-state index in [2.05, 4.69) is 9.97 Å². The number of hydrogen-bond acceptors (Lipinski definition) is 7. The van der Waals surface area contributed by atoms with Gasteiger partial charge in [0.05, 0.1) is 5.69 Å². The van der Waals surface area contributed by atoms with Crippen molar-refractivity contribution in [2.75, 3.05) is 0 Å². The highest BCUT2D eigenvalue weighted by atomic mass is 32.1. The number of esters is 1. The highest BCUT2D eigenvalue weighted by Crippen LogP contribution is 2.23. The van der Waals surface area contributed by atoms with E-state index in [4.69, 9.17) is 4.74 Å². The van der Waals surface area contributed by atoms with Crippen molar-refractivity contribution in [2.24, 2.45) is 0 Å². The van der Waals surface area contributed by atoms with Gasteiger partial charge in [-0.2, -0.15) is 0 Å². The second kappa shape index (κ2) is 6.58. The molecule has 0 spiro atoms. The van der Waals surface area contributed by atoms with Crippen LogP contribution in [0.4, 0.5) is 0 Å². The van der Waals surface area contributed by atoms with Crippen molar-refractivity contribution in [3.8, 4) is 10.6 Å².